The highest BCUT2D eigenvalue weighted by molar-refractivity contribution is 5.78. The third kappa shape index (κ3) is 6.91. The summed E-state index contributed by atoms with van der Waals surface area (Å²) in [7, 11) is 1.70. The molecular formula is C18H30N4O. The summed E-state index contributed by atoms with van der Waals surface area (Å²) in [6.07, 6.45) is 7.70. The zero-order valence-corrected chi connectivity index (χ0v) is 14.2. The molecule has 0 heterocycles. The lowest BCUT2D eigenvalue weighted by Crippen LogP contribution is -2.39. The lowest BCUT2D eigenvalue weighted by Gasteiger charge is -2.16. The molecule has 1 fully saturated rings. The van der Waals surface area contributed by atoms with Crippen molar-refractivity contribution in [3.05, 3.63) is 29.8 Å². The summed E-state index contributed by atoms with van der Waals surface area (Å²) in [5.74, 6) is 0.569. The molecule has 1 aliphatic carbocycles. The molecule has 0 aliphatic heterocycles. The number of nitrogens with one attached hydrogen (secondary N) is 2. The Labute approximate surface area is 139 Å². The zero-order valence-electron chi connectivity index (χ0n) is 14.2. The van der Waals surface area contributed by atoms with Gasteiger partial charge in [-0.2, -0.15) is 0 Å². The molecular weight excluding hydrogens is 288 g/mol. The molecule has 0 bridgehead atoms. The Morgan fingerprint density at radius 1 is 1.17 bits per heavy atom. The number of anilines is 1. The molecule has 0 atom stereocenters. The van der Waals surface area contributed by atoms with E-state index in [0.29, 0.717) is 25.2 Å². The van der Waals surface area contributed by atoms with Crippen LogP contribution in [0.5, 0.6) is 0 Å². The van der Waals surface area contributed by atoms with E-state index >= 15 is 0 Å². The Kier molecular flexibility index (Phi) is 7.73. The van der Waals surface area contributed by atoms with Crippen LogP contribution in [0, 0.1) is 0 Å². The Hall–Kier alpha value is -1.75. The number of hydrogen-bond donors (Lipinski definition) is 3. The number of benzene rings is 1. The van der Waals surface area contributed by atoms with E-state index in [0.717, 1.165) is 17.8 Å². The number of aliphatic imine (C=N–C) groups is 1. The van der Waals surface area contributed by atoms with Crippen molar-refractivity contribution in [3.63, 3.8) is 0 Å². The normalized spacial score (nSPS) is 16.8. The first kappa shape index (κ1) is 17.6. The molecule has 1 aromatic carbocycles. The molecule has 1 aliphatic rings. The van der Waals surface area contributed by atoms with Crippen molar-refractivity contribution in [1.82, 2.24) is 5.32 Å². The molecule has 1 saturated carbocycles. The van der Waals surface area contributed by atoms with E-state index in [4.69, 9.17) is 10.5 Å². The fourth-order valence-electron chi connectivity index (χ4n) is 2.88. The van der Waals surface area contributed by atoms with Crippen LogP contribution in [0.2, 0.25) is 0 Å². The van der Waals surface area contributed by atoms with E-state index in [9.17, 15) is 0 Å². The third-order valence-electron chi connectivity index (χ3n) is 4.23. The van der Waals surface area contributed by atoms with Crippen LogP contribution in [0.4, 0.5) is 5.69 Å². The molecule has 128 valence electrons. The van der Waals surface area contributed by atoms with Crippen LogP contribution in [0.25, 0.3) is 0 Å². The Balaban J connectivity index is 1.76. The summed E-state index contributed by atoms with van der Waals surface area (Å²) in [6.45, 7) is 2.13. The maximum atomic E-state index is 6.03. The van der Waals surface area contributed by atoms with Crippen LogP contribution in [0.3, 0.4) is 0 Å². The highest BCUT2D eigenvalue weighted by Crippen LogP contribution is 2.17. The molecule has 0 radical (unpaired) electrons. The van der Waals surface area contributed by atoms with Gasteiger partial charge < -0.3 is 21.1 Å². The first-order valence-electron chi connectivity index (χ1n) is 8.66. The van der Waals surface area contributed by atoms with Crippen LogP contribution in [-0.4, -0.2) is 32.3 Å². The SMILES string of the molecule is COCCNc1ccc(CN=C(N)NC2CCCCCC2)cc1. The Morgan fingerprint density at radius 3 is 2.52 bits per heavy atom. The summed E-state index contributed by atoms with van der Waals surface area (Å²) in [5.41, 5.74) is 8.28. The standard InChI is InChI=1S/C18H30N4O/c1-23-13-12-20-16-10-8-15(9-11-16)14-21-18(19)22-17-6-4-2-3-5-7-17/h8-11,17,20H,2-7,12-14H2,1H3,(H3,19,21,22). The van der Waals surface area contributed by atoms with E-state index in [1.807, 2.05) is 0 Å². The average molecular weight is 318 g/mol. The van der Waals surface area contributed by atoms with Gasteiger partial charge in [0.1, 0.15) is 0 Å². The van der Waals surface area contributed by atoms with Crippen LogP contribution >= 0.6 is 0 Å². The molecule has 5 nitrogen and oxygen atoms in total. The molecule has 1 aromatic rings. The predicted molar refractivity (Wildman–Crippen MR) is 96.8 cm³/mol. The van der Waals surface area contributed by atoms with Crippen molar-refractivity contribution in [2.45, 2.75) is 51.1 Å². The van der Waals surface area contributed by atoms with Gasteiger partial charge in [0.25, 0.3) is 0 Å². The highest BCUT2D eigenvalue weighted by atomic mass is 16.5. The van der Waals surface area contributed by atoms with E-state index in [2.05, 4.69) is 39.9 Å². The second-order valence-electron chi connectivity index (χ2n) is 6.15. The molecule has 0 spiro atoms. The predicted octanol–water partition coefficient (Wildman–Crippen LogP) is 2.87. The largest absolute Gasteiger partial charge is 0.383 e. The molecule has 0 unspecified atom stereocenters. The lowest BCUT2D eigenvalue weighted by molar-refractivity contribution is 0.211. The van der Waals surface area contributed by atoms with Gasteiger partial charge in [0.2, 0.25) is 0 Å². The molecule has 0 saturated heterocycles. The maximum Gasteiger partial charge on any atom is 0.189 e. The summed E-state index contributed by atoms with van der Waals surface area (Å²) in [4.78, 5) is 4.47. The van der Waals surface area contributed by atoms with Gasteiger partial charge in [0, 0.05) is 25.4 Å². The summed E-state index contributed by atoms with van der Waals surface area (Å²) in [6, 6.07) is 8.79. The van der Waals surface area contributed by atoms with Gasteiger partial charge in [0.05, 0.1) is 13.2 Å². The number of ether oxygens (including phenoxy) is 1. The van der Waals surface area contributed by atoms with Crippen molar-refractivity contribution in [2.75, 3.05) is 25.6 Å². The van der Waals surface area contributed by atoms with E-state index in [1.165, 1.54) is 38.5 Å². The number of nitrogens with zero attached hydrogens (tertiary/aromatic N) is 1. The monoisotopic (exact) mass is 318 g/mol. The van der Waals surface area contributed by atoms with Crippen LogP contribution < -0.4 is 16.4 Å². The number of nitrogens with two attached hydrogens (primary N) is 1. The first-order chi connectivity index (χ1) is 11.3. The van der Waals surface area contributed by atoms with Crippen LogP contribution in [0.1, 0.15) is 44.1 Å². The van der Waals surface area contributed by atoms with Crippen LogP contribution in [-0.2, 0) is 11.3 Å². The lowest BCUT2D eigenvalue weighted by atomic mass is 10.1. The van der Waals surface area contributed by atoms with Crippen molar-refractivity contribution in [2.24, 2.45) is 10.7 Å². The number of rotatable bonds is 7. The fourth-order valence-corrected chi connectivity index (χ4v) is 2.88. The minimum atomic E-state index is 0.494. The van der Waals surface area contributed by atoms with Gasteiger partial charge in [-0.05, 0) is 30.5 Å². The Morgan fingerprint density at radius 2 is 1.87 bits per heavy atom. The molecule has 0 aromatic heterocycles. The van der Waals surface area contributed by atoms with Gasteiger partial charge >= 0.3 is 0 Å². The zero-order chi connectivity index (χ0) is 16.3. The maximum absolute atomic E-state index is 6.03. The second kappa shape index (κ2) is 10.1. The van der Waals surface area contributed by atoms with Gasteiger partial charge in [0.15, 0.2) is 5.96 Å². The highest BCUT2D eigenvalue weighted by Gasteiger charge is 2.12. The number of hydrogen-bond acceptors (Lipinski definition) is 3. The second-order valence-corrected chi connectivity index (χ2v) is 6.15. The summed E-state index contributed by atoms with van der Waals surface area (Å²) in [5, 5.41) is 6.68. The van der Waals surface area contributed by atoms with Crippen LogP contribution in [0.15, 0.2) is 29.3 Å². The van der Waals surface area contributed by atoms with Crippen molar-refractivity contribution in [1.29, 1.82) is 0 Å². The summed E-state index contributed by atoms with van der Waals surface area (Å²) < 4.78 is 5.02. The smallest absolute Gasteiger partial charge is 0.189 e. The van der Waals surface area contributed by atoms with Crippen molar-refractivity contribution in [3.8, 4) is 0 Å². The third-order valence-corrected chi connectivity index (χ3v) is 4.23. The van der Waals surface area contributed by atoms with E-state index in [-0.39, 0.29) is 0 Å². The minimum Gasteiger partial charge on any atom is -0.383 e. The van der Waals surface area contributed by atoms with E-state index in [1.54, 1.807) is 7.11 Å². The number of guanidine groups is 1. The molecule has 5 heteroatoms. The molecule has 23 heavy (non-hydrogen) atoms. The summed E-state index contributed by atoms with van der Waals surface area (Å²) >= 11 is 0. The first-order valence-corrected chi connectivity index (χ1v) is 8.66. The Bertz CT molecular complexity index is 464. The molecule has 2 rings (SSSR count). The minimum absolute atomic E-state index is 0.494. The molecule has 4 N–H and O–H groups in total. The van der Waals surface area contributed by atoms with Gasteiger partial charge in [-0.15, -0.1) is 0 Å². The number of methoxy groups -OCH3 is 1. The van der Waals surface area contributed by atoms with Crippen molar-refractivity contribution < 1.29 is 4.74 Å². The quantitative estimate of drug-likeness (QED) is 0.313. The topological polar surface area (TPSA) is 71.7 Å². The van der Waals surface area contributed by atoms with Gasteiger partial charge in [-0.3, -0.25) is 0 Å². The van der Waals surface area contributed by atoms with E-state index < -0.39 is 0 Å². The van der Waals surface area contributed by atoms with Gasteiger partial charge in [-0.1, -0.05) is 37.8 Å². The average Bonchev–Trinajstić information content (AvgIpc) is 2.83. The van der Waals surface area contributed by atoms with Crippen molar-refractivity contribution >= 4 is 11.6 Å². The molecule has 0 amide bonds. The van der Waals surface area contributed by atoms with Gasteiger partial charge in [-0.25, -0.2) is 4.99 Å². The fraction of sp³-hybridized carbons (Fsp3) is 0.611.